The Hall–Kier alpha value is -3.46. The highest BCUT2D eigenvalue weighted by Crippen LogP contribution is 2.42. The minimum absolute atomic E-state index is 0.0123. The Labute approximate surface area is 212 Å². The number of β-amino-alcohol motifs (C(OH)–C–C–N with tert-alkyl or cyclic N) is 1. The third kappa shape index (κ3) is 4.80. The number of hydrogen-bond donors (Lipinski definition) is 2. The molecule has 2 N–H and O–H groups in total. The number of hydrazine groups is 1. The van der Waals surface area contributed by atoms with Crippen LogP contribution in [0.4, 0.5) is 17.2 Å². The second-order valence-corrected chi connectivity index (χ2v) is 9.13. The molecule has 8 heteroatoms. The minimum atomic E-state index is -0.425. The van der Waals surface area contributed by atoms with E-state index < -0.39 is 5.97 Å². The molecule has 2 aliphatic rings. The fourth-order valence-corrected chi connectivity index (χ4v) is 5.00. The molecule has 1 atom stereocenters. The zero-order valence-electron chi connectivity index (χ0n) is 20.9. The standard InChI is InChI=1S/C28H33N5O3/c1-3-36-28(35)25-19-24(26-20(2)30-33(27(26)29-25)23-7-5-4-6-8-23)21-9-11-22(12-10-21)32-15-13-31(14-16-32)17-18-34/h4-12,19-20,30,34H,3,13-18H2,1-2H3. The van der Waals surface area contributed by atoms with E-state index in [0.29, 0.717) is 12.3 Å². The molecule has 0 saturated carbocycles. The van der Waals surface area contributed by atoms with Crippen molar-refractivity contribution in [2.75, 3.05) is 55.8 Å². The van der Waals surface area contributed by atoms with Crippen LogP contribution in [0.1, 0.15) is 35.9 Å². The molecule has 0 amide bonds. The molecule has 0 bridgehead atoms. The Morgan fingerprint density at radius 1 is 1.06 bits per heavy atom. The minimum Gasteiger partial charge on any atom is -0.461 e. The smallest absolute Gasteiger partial charge is 0.357 e. The molecule has 36 heavy (non-hydrogen) atoms. The Morgan fingerprint density at radius 2 is 1.78 bits per heavy atom. The molecule has 1 aromatic heterocycles. The molecular formula is C28H33N5O3. The summed E-state index contributed by atoms with van der Waals surface area (Å²) in [5.74, 6) is 0.296. The first-order valence-electron chi connectivity index (χ1n) is 12.6. The molecule has 2 aliphatic heterocycles. The average Bonchev–Trinajstić information content (AvgIpc) is 3.26. The van der Waals surface area contributed by atoms with Crippen LogP contribution >= 0.6 is 0 Å². The van der Waals surface area contributed by atoms with Crippen molar-refractivity contribution >= 4 is 23.2 Å². The molecule has 1 saturated heterocycles. The molecule has 3 heterocycles. The van der Waals surface area contributed by atoms with Gasteiger partial charge in [0.1, 0.15) is 0 Å². The van der Waals surface area contributed by atoms with E-state index >= 15 is 0 Å². The van der Waals surface area contributed by atoms with Gasteiger partial charge in [0.15, 0.2) is 11.5 Å². The van der Waals surface area contributed by atoms with Crippen molar-refractivity contribution in [1.29, 1.82) is 0 Å². The summed E-state index contributed by atoms with van der Waals surface area (Å²) in [5.41, 5.74) is 9.00. The number of nitrogens with one attached hydrogen (secondary N) is 1. The molecule has 1 unspecified atom stereocenters. The number of pyridine rings is 1. The second-order valence-electron chi connectivity index (χ2n) is 9.13. The number of fused-ring (bicyclic) bond motifs is 1. The van der Waals surface area contributed by atoms with E-state index in [2.05, 4.69) is 46.4 Å². The van der Waals surface area contributed by atoms with E-state index in [4.69, 9.17) is 9.72 Å². The zero-order chi connectivity index (χ0) is 25.1. The summed E-state index contributed by atoms with van der Waals surface area (Å²) >= 11 is 0. The number of benzene rings is 2. The van der Waals surface area contributed by atoms with E-state index in [1.54, 1.807) is 6.92 Å². The third-order valence-electron chi connectivity index (χ3n) is 6.84. The van der Waals surface area contributed by atoms with Crippen LogP contribution in [-0.4, -0.2) is 66.9 Å². The molecular weight excluding hydrogens is 454 g/mol. The summed E-state index contributed by atoms with van der Waals surface area (Å²) in [6, 6.07) is 20.4. The number of ether oxygens (including phenoxy) is 1. The van der Waals surface area contributed by atoms with E-state index in [1.165, 1.54) is 5.69 Å². The van der Waals surface area contributed by atoms with Crippen molar-refractivity contribution in [1.82, 2.24) is 15.3 Å². The fraction of sp³-hybridized carbons (Fsp3) is 0.357. The lowest BCUT2D eigenvalue weighted by Crippen LogP contribution is -2.47. The van der Waals surface area contributed by atoms with Gasteiger partial charge in [-0.1, -0.05) is 30.3 Å². The number of piperazine rings is 1. The van der Waals surface area contributed by atoms with Gasteiger partial charge in [-0.2, -0.15) is 0 Å². The number of anilines is 3. The summed E-state index contributed by atoms with van der Waals surface area (Å²) in [5, 5.41) is 11.1. The van der Waals surface area contributed by atoms with Crippen LogP contribution in [-0.2, 0) is 4.74 Å². The Balaban J connectivity index is 1.49. The van der Waals surface area contributed by atoms with Gasteiger partial charge in [0.05, 0.1) is 24.9 Å². The Morgan fingerprint density at radius 3 is 2.44 bits per heavy atom. The number of carbonyl (C=O) groups is 1. The lowest BCUT2D eigenvalue weighted by Gasteiger charge is -2.35. The number of nitrogens with zero attached hydrogens (tertiary/aromatic N) is 4. The van der Waals surface area contributed by atoms with Gasteiger partial charge in [-0.05, 0) is 55.3 Å². The van der Waals surface area contributed by atoms with Gasteiger partial charge in [0.2, 0.25) is 0 Å². The second kappa shape index (κ2) is 10.7. The lowest BCUT2D eigenvalue weighted by atomic mass is 9.96. The highest BCUT2D eigenvalue weighted by molar-refractivity contribution is 5.92. The molecule has 3 aromatic rings. The van der Waals surface area contributed by atoms with Crippen LogP contribution in [0.5, 0.6) is 0 Å². The summed E-state index contributed by atoms with van der Waals surface area (Å²) in [4.78, 5) is 22.1. The number of hydrogen-bond acceptors (Lipinski definition) is 8. The van der Waals surface area contributed by atoms with Crippen LogP contribution in [0.3, 0.4) is 0 Å². The molecule has 0 aliphatic carbocycles. The van der Waals surface area contributed by atoms with Gasteiger partial charge in [0, 0.05) is 44.0 Å². The lowest BCUT2D eigenvalue weighted by molar-refractivity contribution is 0.0519. The van der Waals surface area contributed by atoms with Gasteiger partial charge in [0.25, 0.3) is 0 Å². The van der Waals surface area contributed by atoms with E-state index in [9.17, 15) is 9.90 Å². The van der Waals surface area contributed by atoms with Crippen molar-refractivity contribution in [2.45, 2.75) is 19.9 Å². The molecule has 8 nitrogen and oxygen atoms in total. The van der Waals surface area contributed by atoms with Crippen LogP contribution in [0.2, 0.25) is 0 Å². The van der Waals surface area contributed by atoms with Crippen LogP contribution in [0.25, 0.3) is 11.1 Å². The average molecular weight is 488 g/mol. The van der Waals surface area contributed by atoms with Crippen molar-refractivity contribution in [2.24, 2.45) is 0 Å². The third-order valence-corrected chi connectivity index (χ3v) is 6.84. The highest BCUT2D eigenvalue weighted by Gasteiger charge is 2.32. The molecule has 1 fully saturated rings. The first kappa shape index (κ1) is 24.2. The van der Waals surface area contributed by atoms with Crippen molar-refractivity contribution in [3.8, 4) is 11.1 Å². The number of aromatic nitrogens is 1. The monoisotopic (exact) mass is 487 g/mol. The van der Waals surface area contributed by atoms with Crippen molar-refractivity contribution < 1.29 is 14.6 Å². The first-order valence-corrected chi connectivity index (χ1v) is 12.6. The van der Waals surface area contributed by atoms with Gasteiger partial charge >= 0.3 is 5.97 Å². The van der Waals surface area contributed by atoms with Crippen molar-refractivity contribution in [3.63, 3.8) is 0 Å². The molecule has 2 aromatic carbocycles. The quantitative estimate of drug-likeness (QED) is 0.488. The maximum atomic E-state index is 12.7. The number of esters is 1. The highest BCUT2D eigenvalue weighted by atomic mass is 16.5. The predicted octanol–water partition coefficient (Wildman–Crippen LogP) is 3.76. The van der Waals surface area contributed by atoms with Gasteiger partial charge in [-0.15, -0.1) is 0 Å². The van der Waals surface area contributed by atoms with Gasteiger partial charge in [-0.25, -0.2) is 15.2 Å². The van der Waals surface area contributed by atoms with E-state index in [0.717, 1.165) is 60.9 Å². The van der Waals surface area contributed by atoms with E-state index in [1.807, 2.05) is 41.4 Å². The number of aliphatic hydroxyl groups excluding tert-OH is 1. The SMILES string of the molecule is CCOC(=O)c1cc(-c2ccc(N3CCN(CCO)CC3)cc2)c2c(n1)N(c1ccccc1)NC2C. The van der Waals surface area contributed by atoms with Crippen LogP contribution < -0.4 is 15.3 Å². The zero-order valence-corrected chi connectivity index (χ0v) is 20.9. The molecule has 0 spiro atoms. The maximum Gasteiger partial charge on any atom is 0.357 e. The molecule has 0 radical (unpaired) electrons. The summed E-state index contributed by atoms with van der Waals surface area (Å²) in [7, 11) is 0. The number of aliphatic hydroxyl groups is 1. The largest absolute Gasteiger partial charge is 0.461 e. The fourth-order valence-electron chi connectivity index (χ4n) is 5.00. The summed E-state index contributed by atoms with van der Waals surface area (Å²) in [6.45, 7) is 8.90. The normalized spacial score (nSPS) is 17.8. The van der Waals surface area contributed by atoms with E-state index in [-0.39, 0.29) is 12.6 Å². The Bertz CT molecular complexity index is 1190. The van der Waals surface area contributed by atoms with Gasteiger partial charge < -0.3 is 14.7 Å². The molecule has 5 rings (SSSR count). The summed E-state index contributed by atoms with van der Waals surface area (Å²) < 4.78 is 5.30. The van der Waals surface area contributed by atoms with Crippen LogP contribution in [0, 0.1) is 0 Å². The summed E-state index contributed by atoms with van der Waals surface area (Å²) in [6.07, 6.45) is 0. The predicted molar refractivity (Wildman–Crippen MR) is 141 cm³/mol. The number of rotatable bonds is 7. The van der Waals surface area contributed by atoms with Crippen LogP contribution in [0.15, 0.2) is 60.7 Å². The van der Waals surface area contributed by atoms with Crippen molar-refractivity contribution in [3.05, 3.63) is 71.9 Å². The molecule has 188 valence electrons. The number of carbonyl (C=O) groups excluding carboxylic acids is 1. The van der Waals surface area contributed by atoms with Gasteiger partial charge in [-0.3, -0.25) is 9.91 Å². The maximum absolute atomic E-state index is 12.7. The number of para-hydroxylation sites is 1. The topological polar surface area (TPSA) is 81.2 Å². The Kier molecular flexibility index (Phi) is 7.18. The first-order chi connectivity index (χ1) is 17.6.